The third kappa shape index (κ3) is 5.01. The summed E-state index contributed by atoms with van der Waals surface area (Å²) in [6.45, 7) is 3.62. The number of benzene rings is 1. The molecule has 28 heavy (non-hydrogen) atoms. The predicted octanol–water partition coefficient (Wildman–Crippen LogP) is 3.88. The number of rotatable bonds is 6. The number of aryl methyl sites for hydroxylation is 1. The maximum atomic E-state index is 14.5. The van der Waals surface area contributed by atoms with Gasteiger partial charge in [0.2, 0.25) is 0 Å². The van der Waals surface area contributed by atoms with Crippen LogP contribution in [-0.4, -0.2) is 28.8 Å². The SMILES string of the molecule is CCNC(=NCc1ccnn1C)NCC1(c2c(F)cccc2F)CCCC1.I. The largest absolute Gasteiger partial charge is 0.357 e. The summed E-state index contributed by atoms with van der Waals surface area (Å²) in [5.41, 5.74) is 0.651. The van der Waals surface area contributed by atoms with E-state index in [0.717, 1.165) is 31.4 Å². The van der Waals surface area contributed by atoms with Crippen LogP contribution in [0.4, 0.5) is 8.78 Å². The molecule has 0 saturated heterocycles. The van der Waals surface area contributed by atoms with E-state index in [1.54, 1.807) is 10.9 Å². The average molecular weight is 503 g/mol. The lowest BCUT2D eigenvalue weighted by Gasteiger charge is -2.31. The third-order valence-electron chi connectivity index (χ3n) is 5.31. The monoisotopic (exact) mass is 503 g/mol. The number of guanidine groups is 1. The molecule has 0 spiro atoms. The Morgan fingerprint density at radius 3 is 2.43 bits per heavy atom. The topological polar surface area (TPSA) is 54.2 Å². The van der Waals surface area contributed by atoms with E-state index >= 15 is 0 Å². The van der Waals surface area contributed by atoms with Crippen LogP contribution in [-0.2, 0) is 19.0 Å². The van der Waals surface area contributed by atoms with Gasteiger partial charge < -0.3 is 10.6 Å². The molecule has 0 atom stereocenters. The van der Waals surface area contributed by atoms with Gasteiger partial charge in [-0.15, -0.1) is 24.0 Å². The molecule has 5 nitrogen and oxygen atoms in total. The lowest BCUT2D eigenvalue weighted by Crippen LogP contribution is -2.45. The van der Waals surface area contributed by atoms with E-state index in [0.29, 0.717) is 25.6 Å². The van der Waals surface area contributed by atoms with Crippen LogP contribution in [0.15, 0.2) is 35.5 Å². The quantitative estimate of drug-likeness (QED) is 0.358. The number of halogens is 3. The number of hydrogen-bond acceptors (Lipinski definition) is 2. The van der Waals surface area contributed by atoms with E-state index in [9.17, 15) is 8.78 Å². The molecular formula is C20H28F2IN5. The zero-order valence-corrected chi connectivity index (χ0v) is 18.7. The molecule has 1 aromatic heterocycles. The Morgan fingerprint density at radius 2 is 1.86 bits per heavy atom. The van der Waals surface area contributed by atoms with Crippen molar-refractivity contribution in [1.82, 2.24) is 20.4 Å². The Kier molecular flexibility index (Phi) is 8.21. The highest BCUT2D eigenvalue weighted by atomic mass is 127. The summed E-state index contributed by atoms with van der Waals surface area (Å²) >= 11 is 0. The molecule has 1 aliphatic rings. The van der Waals surface area contributed by atoms with Crippen LogP contribution in [0, 0.1) is 11.6 Å². The van der Waals surface area contributed by atoms with E-state index in [4.69, 9.17) is 0 Å². The molecule has 154 valence electrons. The highest BCUT2D eigenvalue weighted by Crippen LogP contribution is 2.42. The molecular weight excluding hydrogens is 475 g/mol. The summed E-state index contributed by atoms with van der Waals surface area (Å²) in [5.74, 6) is -0.284. The second-order valence-electron chi connectivity index (χ2n) is 7.08. The van der Waals surface area contributed by atoms with Crippen LogP contribution >= 0.6 is 24.0 Å². The maximum Gasteiger partial charge on any atom is 0.191 e. The summed E-state index contributed by atoms with van der Waals surface area (Å²) in [6, 6.07) is 6.03. The highest BCUT2D eigenvalue weighted by Gasteiger charge is 2.39. The summed E-state index contributed by atoms with van der Waals surface area (Å²) in [7, 11) is 1.87. The lowest BCUT2D eigenvalue weighted by molar-refractivity contribution is 0.386. The van der Waals surface area contributed by atoms with Crippen LogP contribution in [0.5, 0.6) is 0 Å². The van der Waals surface area contributed by atoms with E-state index < -0.39 is 17.0 Å². The molecule has 2 N–H and O–H groups in total. The van der Waals surface area contributed by atoms with Crippen molar-refractivity contribution in [3.63, 3.8) is 0 Å². The van der Waals surface area contributed by atoms with Gasteiger partial charge in [-0.05, 0) is 38.0 Å². The van der Waals surface area contributed by atoms with Gasteiger partial charge in [0, 0.05) is 37.3 Å². The second-order valence-corrected chi connectivity index (χ2v) is 7.08. The smallest absolute Gasteiger partial charge is 0.191 e. The van der Waals surface area contributed by atoms with Crippen LogP contribution in [0.2, 0.25) is 0 Å². The molecule has 0 amide bonds. The van der Waals surface area contributed by atoms with Crippen LogP contribution in [0.25, 0.3) is 0 Å². The third-order valence-corrected chi connectivity index (χ3v) is 5.31. The molecule has 0 radical (unpaired) electrons. The van der Waals surface area contributed by atoms with Crippen molar-refractivity contribution in [3.05, 3.63) is 53.4 Å². The van der Waals surface area contributed by atoms with Crippen LogP contribution < -0.4 is 10.6 Å². The van der Waals surface area contributed by atoms with Gasteiger partial charge in [-0.2, -0.15) is 5.10 Å². The lowest BCUT2D eigenvalue weighted by atomic mass is 9.78. The average Bonchev–Trinajstić information content (AvgIpc) is 3.27. The standard InChI is InChI=1S/C20H27F2N5.HI/c1-3-23-19(24-13-15-9-12-26-27(15)2)25-14-20(10-4-5-11-20)18-16(21)7-6-8-17(18)22;/h6-9,12H,3-5,10-11,13-14H2,1-2H3,(H2,23,24,25);1H. The van der Waals surface area contributed by atoms with Gasteiger partial charge in [-0.1, -0.05) is 18.9 Å². The molecule has 0 aliphatic heterocycles. The molecule has 1 heterocycles. The van der Waals surface area contributed by atoms with Crippen molar-refractivity contribution in [2.75, 3.05) is 13.1 Å². The summed E-state index contributed by atoms with van der Waals surface area (Å²) in [6.07, 6.45) is 5.20. The molecule has 3 rings (SSSR count). The molecule has 2 aromatic rings. The minimum absolute atomic E-state index is 0. The zero-order chi connectivity index (χ0) is 19.3. The Morgan fingerprint density at radius 1 is 1.18 bits per heavy atom. The first-order valence-electron chi connectivity index (χ1n) is 9.49. The van der Waals surface area contributed by atoms with Gasteiger partial charge in [0.05, 0.1) is 12.2 Å². The summed E-state index contributed by atoms with van der Waals surface area (Å²) < 4.78 is 30.7. The number of aromatic nitrogens is 2. The van der Waals surface area contributed by atoms with E-state index in [2.05, 4.69) is 20.7 Å². The molecule has 1 aromatic carbocycles. The number of nitrogens with zero attached hydrogens (tertiary/aromatic N) is 3. The first kappa shape index (κ1) is 22.6. The van der Waals surface area contributed by atoms with E-state index in [1.165, 1.54) is 18.2 Å². The zero-order valence-electron chi connectivity index (χ0n) is 16.3. The minimum atomic E-state index is -0.544. The van der Waals surface area contributed by atoms with Crippen LogP contribution in [0.3, 0.4) is 0 Å². The van der Waals surface area contributed by atoms with E-state index in [1.807, 2.05) is 20.0 Å². The minimum Gasteiger partial charge on any atom is -0.357 e. The van der Waals surface area contributed by atoms with Crippen molar-refractivity contribution < 1.29 is 8.78 Å². The molecule has 0 unspecified atom stereocenters. The Hall–Kier alpha value is -1.71. The van der Waals surface area contributed by atoms with Crippen molar-refractivity contribution in [2.45, 2.75) is 44.6 Å². The van der Waals surface area contributed by atoms with Crippen molar-refractivity contribution in [3.8, 4) is 0 Å². The van der Waals surface area contributed by atoms with Crippen LogP contribution in [0.1, 0.15) is 43.9 Å². The highest BCUT2D eigenvalue weighted by molar-refractivity contribution is 14.0. The number of aliphatic imine (C=N–C) groups is 1. The maximum absolute atomic E-state index is 14.5. The molecule has 1 saturated carbocycles. The molecule has 1 fully saturated rings. The van der Waals surface area contributed by atoms with Crippen molar-refractivity contribution >= 4 is 29.9 Å². The fourth-order valence-electron chi connectivity index (χ4n) is 3.88. The first-order chi connectivity index (χ1) is 13.1. The normalized spacial score (nSPS) is 15.9. The predicted molar refractivity (Wildman–Crippen MR) is 118 cm³/mol. The Bertz CT molecular complexity index is 779. The van der Waals surface area contributed by atoms with Gasteiger partial charge in [0.1, 0.15) is 11.6 Å². The van der Waals surface area contributed by atoms with Crippen molar-refractivity contribution in [2.24, 2.45) is 12.0 Å². The van der Waals surface area contributed by atoms with Gasteiger partial charge in [0.15, 0.2) is 5.96 Å². The second kappa shape index (κ2) is 10.2. The number of nitrogens with one attached hydrogen (secondary N) is 2. The van der Waals surface area contributed by atoms with Crippen molar-refractivity contribution in [1.29, 1.82) is 0 Å². The summed E-state index contributed by atoms with van der Waals surface area (Å²) in [5, 5.41) is 10.7. The Labute approximate surface area is 182 Å². The molecule has 1 aliphatic carbocycles. The summed E-state index contributed by atoms with van der Waals surface area (Å²) in [4.78, 5) is 4.59. The van der Waals surface area contributed by atoms with Gasteiger partial charge in [-0.25, -0.2) is 13.8 Å². The van der Waals surface area contributed by atoms with Gasteiger partial charge >= 0.3 is 0 Å². The Balaban J connectivity index is 0.00000280. The first-order valence-corrected chi connectivity index (χ1v) is 9.49. The molecule has 0 bridgehead atoms. The molecule has 8 heteroatoms. The van der Waals surface area contributed by atoms with Gasteiger partial charge in [0.25, 0.3) is 0 Å². The fraction of sp³-hybridized carbons (Fsp3) is 0.500. The number of hydrogen-bond donors (Lipinski definition) is 2. The fourth-order valence-corrected chi connectivity index (χ4v) is 3.88. The van der Waals surface area contributed by atoms with E-state index in [-0.39, 0.29) is 29.5 Å². The van der Waals surface area contributed by atoms with Gasteiger partial charge in [-0.3, -0.25) is 4.68 Å².